The Balaban J connectivity index is 2.20. The monoisotopic (exact) mass is 322 g/mol. The highest BCUT2D eigenvalue weighted by molar-refractivity contribution is 7.80. The Morgan fingerprint density at radius 3 is 2.27 bits per heavy atom. The van der Waals surface area contributed by atoms with Gasteiger partial charge in [0.05, 0.1) is 11.0 Å². The van der Waals surface area contributed by atoms with E-state index >= 15 is 0 Å². The van der Waals surface area contributed by atoms with Crippen molar-refractivity contribution in [3.63, 3.8) is 0 Å². The minimum absolute atomic E-state index is 0.115. The third-order valence-corrected chi connectivity index (χ3v) is 6.34. The molecule has 1 saturated carbocycles. The smallest absolute Gasteiger partial charge is 0.189 e. The fraction of sp³-hybridized carbons (Fsp3) is 0.684. The maximum Gasteiger partial charge on any atom is 0.189 e. The topological polar surface area (TPSA) is 26.3 Å². The van der Waals surface area contributed by atoms with Gasteiger partial charge in [0.1, 0.15) is 0 Å². The van der Waals surface area contributed by atoms with Crippen LogP contribution in [0.3, 0.4) is 0 Å². The van der Waals surface area contributed by atoms with Crippen LogP contribution in [0.25, 0.3) is 0 Å². The summed E-state index contributed by atoms with van der Waals surface area (Å²) in [6, 6.07) is 4.18. The molecule has 0 radical (unpaired) electrons. The van der Waals surface area contributed by atoms with Gasteiger partial charge in [-0.3, -0.25) is 4.18 Å². The highest BCUT2D eigenvalue weighted by Gasteiger charge is 2.33. The van der Waals surface area contributed by atoms with Gasteiger partial charge in [0, 0.05) is 0 Å². The summed E-state index contributed by atoms with van der Waals surface area (Å²) in [5, 5.41) is 0. The van der Waals surface area contributed by atoms with Crippen LogP contribution in [0, 0.1) is 38.5 Å². The number of aryl methyl sites for hydroxylation is 3. The lowest BCUT2D eigenvalue weighted by Crippen LogP contribution is -2.34. The largest absolute Gasteiger partial charge is 0.283 e. The second-order valence-electron chi connectivity index (χ2n) is 7.42. The molecule has 0 aliphatic heterocycles. The van der Waals surface area contributed by atoms with Gasteiger partial charge in [-0.1, -0.05) is 44.9 Å². The molecule has 1 fully saturated rings. The Labute approximate surface area is 138 Å². The first-order valence-corrected chi connectivity index (χ1v) is 9.53. The fourth-order valence-corrected chi connectivity index (χ4v) is 5.00. The molecule has 1 aromatic rings. The molecule has 1 aliphatic carbocycles. The molecule has 0 amide bonds. The van der Waals surface area contributed by atoms with E-state index in [9.17, 15) is 4.21 Å². The lowest BCUT2D eigenvalue weighted by molar-refractivity contribution is 0.0566. The minimum Gasteiger partial charge on any atom is -0.283 e. The summed E-state index contributed by atoms with van der Waals surface area (Å²) in [5.41, 5.74) is 3.35. The normalized spacial score (nSPS) is 27.1. The third-order valence-electron chi connectivity index (χ3n) is 4.94. The summed E-state index contributed by atoms with van der Waals surface area (Å²) in [6.45, 7) is 12.9. The van der Waals surface area contributed by atoms with Crippen molar-refractivity contribution in [3.05, 3.63) is 28.8 Å². The van der Waals surface area contributed by atoms with Gasteiger partial charge >= 0.3 is 0 Å². The first kappa shape index (κ1) is 17.7. The van der Waals surface area contributed by atoms with E-state index in [1.807, 2.05) is 13.8 Å². The molecule has 0 spiro atoms. The van der Waals surface area contributed by atoms with Crippen molar-refractivity contribution in [2.45, 2.75) is 71.8 Å². The van der Waals surface area contributed by atoms with Crippen LogP contribution in [0.4, 0.5) is 0 Å². The van der Waals surface area contributed by atoms with Crippen molar-refractivity contribution >= 4 is 11.1 Å². The van der Waals surface area contributed by atoms with Gasteiger partial charge in [-0.05, 0) is 62.5 Å². The molecule has 1 aliphatic rings. The molecular weight excluding hydrogens is 292 g/mol. The van der Waals surface area contributed by atoms with Gasteiger partial charge < -0.3 is 0 Å². The van der Waals surface area contributed by atoms with E-state index in [4.69, 9.17) is 4.18 Å². The zero-order valence-corrected chi connectivity index (χ0v) is 15.6. The molecule has 0 aromatic heterocycles. The van der Waals surface area contributed by atoms with Gasteiger partial charge in [-0.25, -0.2) is 4.21 Å². The summed E-state index contributed by atoms with van der Waals surface area (Å²) in [4.78, 5) is 0.867. The van der Waals surface area contributed by atoms with Gasteiger partial charge in [0.25, 0.3) is 0 Å². The van der Waals surface area contributed by atoms with Gasteiger partial charge in [0.2, 0.25) is 0 Å². The zero-order valence-electron chi connectivity index (χ0n) is 14.8. The molecule has 3 heteroatoms. The Bertz CT molecular complexity index is 527. The summed E-state index contributed by atoms with van der Waals surface area (Å²) in [5.74, 6) is 1.76. The molecule has 2 rings (SSSR count). The number of hydrogen-bond donors (Lipinski definition) is 0. The number of hydrogen-bond acceptors (Lipinski definition) is 2. The summed E-state index contributed by atoms with van der Waals surface area (Å²) < 4.78 is 18.9. The maximum absolute atomic E-state index is 12.8. The Kier molecular flexibility index (Phi) is 5.84. The fourth-order valence-electron chi connectivity index (χ4n) is 3.82. The quantitative estimate of drug-likeness (QED) is 0.770. The van der Waals surface area contributed by atoms with Crippen molar-refractivity contribution in [2.24, 2.45) is 17.8 Å². The molecule has 22 heavy (non-hydrogen) atoms. The van der Waals surface area contributed by atoms with E-state index in [0.29, 0.717) is 17.8 Å². The summed E-state index contributed by atoms with van der Waals surface area (Å²) >= 11 is -1.36. The summed E-state index contributed by atoms with van der Waals surface area (Å²) in [7, 11) is 0. The summed E-state index contributed by atoms with van der Waals surface area (Å²) in [6.07, 6.45) is 3.59. The molecule has 0 heterocycles. The SMILES string of the molecule is Cc1cc(C)c(S(=O)O[C@@H]2C[C@H](C)CC[C@H]2C(C)C)c(C)c1. The molecular formula is C19H30O2S. The highest BCUT2D eigenvalue weighted by Crippen LogP contribution is 2.36. The molecule has 2 nitrogen and oxygen atoms in total. The maximum atomic E-state index is 12.8. The van der Waals surface area contributed by atoms with E-state index in [-0.39, 0.29) is 6.10 Å². The molecule has 1 unspecified atom stereocenters. The molecule has 0 saturated heterocycles. The number of rotatable bonds is 4. The lowest BCUT2D eigenvalue weighted by Gasteiger charge is -2.36. The second kappa shape index (κ2) is 7.27. The van der Waals surface area contributed by atoms with Crippen molar-refractivity contribution < 1.29 is 8.39 Å². The van der Waals surface area contributed by atoms with E-state index in [2.05, 4.69) is 39.8 Å². The van der Waals surface area contributed by atoms with E-state index in [0.717, 1.165) is 22.4 Å². The Hall–Kier alpha value is -0.670. The average molecular weight is 323 g/mol. The van der Waals surface area contributed by atoms with Gasteiger partial charge in [-0.2, -0.15) is 0 Å². The lowest BCUT2D eigenvalue weighted by atomic mass is 9.75. The van der Waals surface area contributed by atoms with Crippen LogP contribution in [0.15, 0.2) is 17.0 Å². The van der Waals surface area contributed by atoms with Crippen molar-refractivity contribution in [1.82, 2.24) is 0 Å². The van der Waals surface area contributed by atoms with Crippen LogP contribution in [0.5, 0.6) is 0 Å². The highest BCUT2D eigenvalue weighted by atomic mass is 32.2. The molecule has 1 aromatic carbocycles. The van der Waals surface area contributed by atoms with Crippen LogP contribution >= 0.6 is 0 Å². The predicted octanol–water partition coefficient (Wildman–Crippen LogP) is 5.11. The molecule has 124 valence electrons. The Morgan fingerprint density at radius 1 is 1.14 bits per heavy atom. The molecule has 0 N–H and O–H groups in total. The van der Waals surface area contributed by atoms with Crippen LogP contribution in [-0.4, -0.2) is 10.3 Å². The second-order valence-corrected chi connectivity index (χ2v) is 8.49. The van der Waals surface area contributed by atoms with Crippen LogP contribution < -0.4 is 0 Å². The van der Waals surface area contributed by atoms with Gasteiger partial charge in [0.15, 0.2) is 11.1 Å². The van der Waals surface area contributed by atoms with Crippen molar-refractivity contribution in [3.8, 4) is 0 Å². The van der Waals surface area contributed by atoms with E-state index in [1.54, 1.807) is 0 Å². The molecule has 4 atom stereocenters. The van der Waals surface area contributed by atoms with Crippen molar-refractivity contribution in [2.75, 3.05) is 0 Å². The Morgan fingerprint density at radius 2 is 1.73 bits per heavy atom. The molecule has 0 bridgehead atoms. The average Bonchev–Trinajstić information content (AvgIpc) is 2.36. The zero-order chi connectivity index (χ0) is 16.4. The van der Waals surface area contributed by atoms with Crippen molar-refractivity contribution in [1.29, 1.82) is 0 Å². The van der Waals surface area contributed by atoms with E-state index in [1.165, 1.54) is 18.4 Å². The first-order valence-electron chi connectivity index (χ1n) is 8.46. The van der Waals surface area contributed by atoms with Crippen LogP contribution in [0.1, 0.15) is 56.7 Å². The van der Waals surface area contributed by atoms with Gasteiger partial charge in [-0.15, -0.1) is 0 Å². The third kappa shape index (κ3) is 3.99. The first-order chi connectivity index (χ1) is 10.3. The minimum atomic E-state index is -1.36. The predicted molar refractivity (Wildman–Crippen MR) is 93.3 cm³/mol. The standard InChI is InChI=1S/C19H30O2S/c1-12(2)17-8-7-13(3)11-18(17)21-22(20)19-15(5)9-14(4)10-16(19)6/h9-10,12-13,17-18H,7-8,11H2,1-6H3/t13-,17+,18-,22?/m1/s1. The number of benzene rings is 1. The van der Waals surface area contributed by atoms with Crippen LogP contribution in [-0.2, 0) is 15.3 Å². The van der Waals surface area contributed by atoms with E-state index < -0.39 is 11.1 Å². The van der Waals surface area contributed by atoms with Crippen LogP contribution in [0.2, 0.25) is 0 Å².